The van der Waals surface area contributed by atoms with Gasteiger partial charge in [0.15, 0.2) is 0 Å². The van der Waals surface area contributed by atoms with Crippen LogP contribution in [-0.2, 0) is 0 Å². The third kappa shape index (κ3) is 4.96. The molecule has 0 saturated carbocycles. The molecule has 0 fully saturated rings. The number of carbonyl (C=O) groups excluding carboxylic acids is 1. The molecule has 1 aromatic heterocycles. The van der Waals surface area contributed by atoms with Crippen LogP contribution in [0, 0.1) is 0 Å². The Labute approximate surface area is 147 Å². The second-order valence-electron chi connectivity index (χ2n) is 5.19. The van der Waals surface area contributed by atoms with Crippen molar-refractivity contribution >= 4 is 29.9 Å². The van der Waals surface area contributed by atoms with Crippen molar-refractivity contribution in [3.8, 4) is 11.3 Å². The first-order chi connectivity index (χ1) is 10.7. The zero-order chi connectivity index (χ0) is 15.9. The van der Waals surface area contributed by atoms with Crippen LogP contribution in [0.25, 0.3) is 11.3 Å². The summed E-state index contributed by atoms with van der Waals surface area (Å²) in [6, 6.07) is 7.32. The van der Waals surface area contributed by atoms with Gasteiger partial charge in [0.05, 0.1) is 17.5 Å². The number of nitrogens with two attached hydrogens (primary N) is 1. The molecule has 23 heavy (non-hydrogen) atoms. The van der Waals surface area contributed by atoms with Crippen LogP contribution < -0.4 is 11.1 Å². The molecule has 0 spiro atoms. The molecule has 0 radical (unpaired) electrons. The van der Waals surface area contributed by atoms with Crippen molar-refractivity contribution in [2.24, 2.45) is 5.73 Å². The standard InChI is InChI=1S/C16H21ClN4O.ClH/c1-2-3-6-11(9-18)20-16(22)13-10-19-21-15(13)12-7-4-5-8-14(12)17;/h4-5,7-8,10-11H,2-3,6,9,18H2,1H3,(H,19,21)(H,20,22);1H. The van der Waals surface area contributed by atoms with Gasteiger partial charge < -0.3 is 11.1 Å². The predicted molar refractivity (Wildman–Crippen MR) is 96.1 cm³/mol. The van der Waals surface area contributed by atoms with E-state index in [1.54, 1.807) is 6.07 Å². The molecule has 126 valence electrons. The van der Waals surface area contributed by atoms with Crippen molar-refractivity contribution in [1.82, 2.24) is 15.5 Å². The summed E-state index contributed by atoms with van der Waals surface area (Å²) in [5, 5.41) is 10.4. The van der Waals surface area contributed by atoms with Gasteiger partial charge in [0.1, 0.15) is 0 Å². The Hall–Kier alpha value is -1.56. The number of halogens is 2. The number of rotatable bonds is 7. The zero-order valence-corrected chi connectivity index (χ0v) is 14.6. The SMILES string of the molecule is CCCCC(CN)NC(=O)c1cn[nH]c1-c1ccccc1Cl.Cl. The number of nitrogens with one attached hydrogen (secondary N) is 2. The van der Waals surface area contributed by atoms with Crippen molar-refractivity contribution in [2.45, 2.75) is 32.2 Å². The van der Waals surface area contributed by atoms with E-state index in [0.717, 1.165) is 24.8 Å². The van der Waals surface area contributed by atoms with Gasteiger partial charge in [-0.25, -0.2) is 0 Å². The molecule has 0 aliphatic carbocycles. The van der Waals surface area contributed by atoms with E-state index in [-0.39, 0.29) is 24.4 Å². The number of unbranched alkanes of at least 4 members (excludes halogenated alkanes) is 1. The lowest BCUT2D eigenvalue weighted by atomic mass is 10.1. The van der Waals surface area contributed by atoms with Gasteiger partial charge in [0.25, 0.3) is 5.91 Å². The maximum atomic E-state index is 12.5. The highest BCUT2D eigenvalue weighted by atomic mass is 35.5. The lowest BCUT2D eigenvalue weighted by Gasteiger charge is -2.16. The number of hydrogen-bond donors (Lipinski definition) is 3. The maximum Gasteiger partial charge on any atom is 0.255 e. The third-order valence-electron chi connectivity index (χ3n) is 3.55. The van der Waals surface area contributed by atoms with Gasteiger partial charge in [0.2, 0.25) is 0 Å². The van der Waals surface area contributed by atoms with Crippen molar-refractivity contribution in [1.29, 1.82) is 0 Å². The first kappa shape index (κ1) is 19.5. The van der Waals surface area contributed by atoms with E-state index in [1.807, 2.05) is 18.2 Å². The molecule has 1 unspecified atom stereocenters. The number of carbonyl (C=O) groups is 1. The smallest absolute Gasteiger partial charge is 0.255 e. The summed E-state index contributed by atoms with van der Waals surface area (Å²) in [5.41, 5.74) is 7.58. The Morgan fingerprint density at radius 3 is 2.83 bits per heavy atom. The van der Waals surface area contributed by atoms with Gasteiger partial charge in [-0.15, -0.1) is 12.4 Å². The molecule has 2 rings (SSSR count). The minimum absolute atomic E-state index is 0. The minimum Gasteiger partial charge on any atom is -0.348 e. The van der Waals surface area contributed by atoms with E-state index < -0.39 is 0 Å². The third-order valence-corrected chi connectivity index (χ3v) is 3.88. The summed E-state index contributed by atoms with van der Waals surface area (Å²) in [5.74, 6) is -0.185. The molecule has 4 N–H and O–H groups in total. The summed E-state index contributed by atoms with van der Waals surface area (Å²) >= 11 is 6.19. The average molecular weight is 357 g/mol. The zero-order valence-electron chi connectivity index (χ0n) is 13.0. The van der Waals surface area contributed by atoms with Crippen molar-refractivity contribution in [3.05, 3.63) is 41.0 Å². The number of hydrogen-bond acceptors (Lipinski definition) is 3. The number of amides is 1. The molecule has 2 aromatic rings. The number of H-pyrrole nitrogens is 1. The van der Waals surface area contributed by atoms with E-state index in [2.05, 4.69) is 22.4 Å². The van der Waals surface area contributed by atoms with E-state index in [9.17, 15) is 4.79 Å². The summed E-state index contributed by atoms with van der Waals surface area (Å²) in [6.07, 6.45) is 4.49. The van der Waals surface area contributed by atoms with Crippen LogP contribution in [0.2, 0.25) is 5.02 Å². The van der Waals surface area contributed by atoms with Gasteiger partial charge >= 0.3 is 0 Å². The molecule has 0 aliphatic heterocycles. The van der Waals surface area contributed by atoms with E-state index >= 15 is 0 Å². The summed E-state index contributed by atoms with van der Waals surface area (Å²) < 4.78 is 0. The lowest BCUT2D eigenvalue weighted by Crippen LogP contribution is -2.40. The Morgan fingerprint density at radius 1 is 1.43 bits per heavy atom. The molecule has 0 saturated heterocycles. The number of aromatic amines is 1. The Balaban J connectivity index is 0.00000264. The van der Waals surface area contributed by atoms with Crippen LogP contribution in [0.5, 0.6) is 0 Å². The molecule has 1 atom stereocenters. The predicted octanol–water partition coefficient (Wildman–Crippen LogP) is 3.40. The fourth-order valence-electron chi connectivity index (χ4n) is 2.29. The minimum atomic E-state index is -0.185. The Kier molecular flexibility index (Phi) is 8.09. The normalized spacial score (nSPS) is 11.6. The van der Waals surface area contributed by atoms with Crippen LogP contribution in [0.1, 0.15) is 36.5 Å². The Morgan fingerprint density at radius 2 is 2.17 bits per heavy atom. The van der Waals surface area contributed by atoms with Gasteiger partial charge in [-0.1, -0.05) is 49.6 Å². The summed E-state index contributed by atoms with van der Waals surface area (Å²) in [6.45, 7) is 2.53. The fraction of sp³-hybridized carbons (Fsp3) is 0.375. The first-order valence-electron chi connectivity index (χ1n) is 7.46. The lowest BCUT2D eigenvalue weighted by molar-refractivity contribution is 0.0936. The van der Waals surface area contributed by atoms with Gasteiger partial charge in [0, 0.05) is 23.2 Å². The molecule has 1 heterocycles. The second kappa shape index (κ2) is 9.55. The average Bonchev–Trinajstić information content (AvgIpc) is 3.01. The van der Waals surface area contributed by atoms with Gasteiger partial charge in [-0.05, 0) is 12.5 Å². The van der Waals surface area contributed by atoms with E-state index in [0.29, 0.717) is 22.8 Å². The second-order valence-corrected chi connectivity index (χ2v) is 5.59. The molecule has 0 aliphatic rings. The van der Waals surface area contributed by atoms with Gasteiger partial charge in [-0.2, -0.15) is 5.10 Å². The van der Waals surface area contributed by atoms with Crippen LogP contribution in [0.3, 0.4) is 0 Å². The first-order valence-corrected chi connectivity index (χ1v) is 7.84. The monoisotopic (exact) mass is 356 g/mol. The molecular weight excluding hydrogens is 335 g/mol. The molecule has 5 nitrogen and oxygen atoms in total. The number of nitrogens with zero attached hydrogens (tertiary/aromatic N) is 1. The summed E-state index contributed by atoms with van der Waals surface area (Å²) in [7, 11) is 0. The molecule has 1 aromatic carbocycles. The largest absolute Gasteiger partial charge is 0.348 e. The quantitative estimate of drug-likeness (QED) is 0.710. The van der Waals surface area contributed by atoms with Crippen molar-refractivity contribution < 1.29 is 4.79 Å². The molecular formula is C16H22Cl2N4O. The van der Waals surface area contributed by atoms with E-state index in [1.165, 1.54) is 6.20 Å². The maximum absolute atomic E-state index is 12.5. The van der Waals surface area contributed by atoms with Crippen LogP contribution in [0.15, 0.2) is 30.5 Å². The fourth-order valence-corrected chi connectivity index (χ4v) is 2.52. The highest BCUT2D eigenvalue weighted by molar-refractivity contribution is 6.33. The van der Waals surface area contributed by atoms with Crippen LogP contribution in [0.4, 0.5) is 0 Å². The Bertz CT molecular complexity index is 630. The highest BCUT2D eigenvalue weighted by Crippen LogP contribution is 2.28. The van der Waals surface area contributed by atoms with Crippen molar-refractivity contribution in [2.75, 3.05) is 6.54 Å². The molecule has 0 bridgehead atoms. The highest BCUT2D eigenvalue weighted by Gasteiger charge is 2.19. The van der Waals surface area contributed by atoms with Gasteiger partial charge in [-0.3, -0.25) is 9.89 Å². The topological polar surface area (TPSA) is 83.8 Å². The number of aromatic nitrogens is 2. The van der Waals surface area contributed by atoms with Crippen LogP contribution in [-0.4, -0.2) is 28.7 Å². The van der Waals surface area contributed by atoms with Crippen LogP contribution >= 0.6 is 24.0 Å². The molecule has 7 heteroatoms. The van der Waals surface area contributed by atoms with Crippen molar-refractivity contribution in [3.63, 3.8) is 0 Å². The molecule has 1 amide bonds. The number of benzene rings is 1. The summed E-state index contributed by atoms with van der Waals surface area (Å²) in [4.78, 5) is 12.5. The van der Waals surface area contributed by atoms with E-state index in [4.69, 9.17) is 17.3 Å².